The number of H-pyrrole nitrogens is 1. The SMILES string of the molecule is C=C1C=CN(C)C1.Cc1ccnn1C.Cn1ccc(=O)[nH]1. The second kappa shape index (κ2) is 7.94. The molecular weight excluding hydrogens is 266 g/mol. The smallest absolute Gasteiger partial charge is 0.264 e. The molecule has 0 bridgehead atoms. The largest absolute Gasteiger partial charge is 0.376 e. The van der Waals surface area contributed by atoms with Crippen molar-refractivity contribution >= 4 is 0 Å². The van der Waals surface area contributed by atoms with E-state index in [9.17, 15) is 4.79 Å². The van der Waals surface area contributed by atoms with E-state index >= 15 is 0 Å². The molecule has 0 fully saturated rings. The number of aromatic nitrogens is 4. The zero-order valence-electron chi connectivity index (χ0n) is 13.1. The first-order valence-corrected chi connectivity index (χ1v) is 6.61. The minimum absolute atomic E-state index is 0.0532. The average Bonchev–Trinajstić information content (AvgIpc) is 3.08. The maximum atomic E-state index is 10.2. The highest BCUT2D eigenvalue weighted by atomic mass is 16.1. The Morgan fingerprint density at radius 3 is 2.14 bits per heavy atom. The number of nitrogens with zero attached hydrogens (tertiary/aromatic N) is 4. The van der Waals surface area contributed by atoms with Crippen LogP contribution in [0.15, 0.2) is 53.7 Å². The molecule has 1 aliphatic heterocycles. The van der Waals surface area contributed by atoms with Crippen LogP contribution in [0.3, 0.4) is 0 Å². The lowest BCUT2D eigenvalue weighted by atomic mass is 10.3. The van der Waals surface area contributed by atoms with Crippen LogP contribution in [-0.4, -0.2) is 38.1 Å². The number of hydrogen-bond acceptors (Lipinski definition) is 3. The zero-order chi connectivity index (χ0) is 15.8. The summed E-state index contributed by atoms with van der Waals surface area (Å²) in [7, 11) is 5.73. The normalized spacial score (nSPS) is 12.6. The second-order valence-corrected chi connectivity index (χ2v) is 4.89. The Kier molecular flexibility index (Phi) is 6.26. The first-order valence-electron chi connectivity index (χ1n) is 6.61. The van der Waals surface area contributed by atoms with E-state index in [1.165, 1.54) is 17.3 Å². The molecule has 0 saturated carbocycles. The molecular formula is C15H23N5O. The molecule has 6 heteroatoms. The summed E-state index contributed by atoms with van der Waals surface area (Å²) in [5.41, 5.74) is 2.34. The van der Waals surface area contributed by atoms with E-state index in [1.54, 1.807) is 24.1 Å². The molecule has 3 heterocycles. The standard InChI is InChI=1S/C6H9N.C5H8N2.C4H6N2O/c1-6-3-4-7(2)5-6;1-5-3-4-6-7(5)2;1-6-3-2-4(7)5-6/h3-4H,1,5H2,2H3;3-4H,1-2H3;2-3H,1H3,(H,5,7). The number of likely N-dealkylation sites (N-methyl/N-ethyl adjacent to an activating group) is 1. The highest BCUT2D eigenvalue weighted by Crippen LogP contribution is 2.04. The van der Waals surface area contributed by atoms with Crippen LogP contribution in [0.1, 0.15) is 5.69 Å². The van der Waals surface area contributed by atoms with Crippen LogP contribution in [0, 0.1) is 6.92 Å². The van der Waals surface area contributed by atoms with E-state index < -0.39 is 0 Å². The molecule has 1 aliphatic rings. The zero-order valence-corrected chi connectivity index (χ0v) is 13.1. The van der Waals surface area contributed by atoms with Gasteiger partial charge in [0.2, 0.25) is 0 Å². The number of hydrogen-bond donors (Lipinski definition) is 1. The lowest BCUT2D eigenvalue weighted by molar-refractivity contribution is 0.523. The first kappa shape index (κ1) is 16.6. The molecule has 21 heavy (non-hydrogen) atoms. The quantitative estimate of drug-likeness (QED) is 0.798. The van der Waals surface area contributed by atoms with E-state index in [0.717, 1.165) is 6.54 Å². The molecule has 1 N–H and O–H groups in total. The average molecular weight is 289 g/mol. The highest BCUT2D eigenvalue weighted by Gasteiger charge is 1.98. The van der Waals surface area contributed by atoms with E-state index in [4.69, 9.17) is 0 Å². The van der Waals surface area contributed by atoms with E-state index in [-0.39, 0.29) is 5.56 Å². The topological polar surface area (TPSA) is 58.9 Å². The van der Waals surface area contributed by atoms with Gasteiger partial charge >= 0.3 is 0 Å². The highest BCUT2D eigenvalue weighted by molar-refractivity contribution is 5.21. The third-order valence-electron chi connectivity index (χ3n) is 2.82. The molecule has 0 radical (unpaired) electrons. The van der Waals surface area contributed by atoms with Gasteiger partial charge in [0.15, 0.2) is 0 Å². The maximum absolute atomic E-state index is 10.2. The Morgan fingerprint density at radius 1 is 1.29 bits per heavy atom. The molecule has 0 amide bonds. The van der Waals surface area contributed by atoms with Gasteiger partial charge in [-0.3, -0.25) is 19.3 Å². The number of aromatic amines is 1. The molecule has 0 aromatic carbocycles. The van der Waals surface area contributed by atoms with Gasteiger partial charge in [-0.25, -0.2) is 0 Å². The molecule has 6 nitrogen and oxygen atoms in total. The van der Waals surface area contributed by atoms with Crippen molar-refractivity contribution in [3.8, 4) is 0 Å². The number of rotatable bonds is 0. The Morgan fingerprint density at radius 2 is 2.00 bits per heavy atom. The third kappa shape index (κ3) is 6.47. The maximum Gasteiger partial charge on any atom is 0.264 e. The lowest BCUT2D eigenvalue weighted by Crippen LogP contribution is -2.05. The molecule has 0 atom stereocenters. The summed E-state index contributed by atoms with van der Waals surface area (Å²) in [6.07, 6.45) is 7.51. The number of aryl methyl sites for hydroxylation is 3. The molecule has 0 aliphatic carbocycles. The van der Waals surface area contributed by atoms with Crippen molar-refractivity contribution in [1.29, 1.82) is 0 Å². The van der Waals surface area contributed by atoms with Crippen molar-refractivity contribution in [2.45, 2.75) is 6.92 Å². The Hall–Kier alpha value is -2.50. The Balaban J connectivity index is 0.000000157. The lowest BCUT2D eigenvalue weighted by Gasteiger charge is -2.03. The molecule has 114 valence electrons. The summed E-state index contributed by atoms with van der Waals surface area (Å²) < 4.78 is 3.43. The summed E-state index contributed by atoms with van der Waals surface area (Å²) in [5.74, 6) is 0. The Labute approximate surface area is 125 Å². The van der Waals surface area contributed by atoms with Crippen LogP contribution in [0.5, 0.6) is 0 Å². The van der Waals surface area contributed by atoms with Gasteiger partial charge in [0.25, 0.3) is 5.56 Å². The summed E-state index contributed by atoms with van der Waals surface area (Å²) in [6, 6.07) is 3.44. The predicted molar refractivity (Wildman–Crippen MR) is 84.9 cm³/mol. The van der Waals surface area contributed by atoms with Gasteiger partial charge in [-0.15, -0.1) is 0 Å². The fraction of sp³-hybridized carbons (Fsp3) is 0.333. The predicted octanol–water partition coefficient (Wildman–Crippen LogP) is 1.44. The minimum Gasteiger partial charge on any atom is -0.376 e. The molecule has 2 aromatic heterocycles. The monoisotopic (exact) mass is 289 g/mol. The third-order valence-corrected chi connectivity index (χ3v) is 2.82. The van der Waals surface area contributed by atoms with Crippen molar-refractivity contribution in [2.24, 2.45) is 14.1 Å². The van der Waals surface area contributed by atoms with Crippen molar-refractivity contribution in [3.05, 3.63) is 65.0 Å². The summed E-state index contributed by atoms with van der Waals surface area (Å²) in [4.78, 5) is 12.3. The van der Waals surface area contributed by atoms with E-state index in [2.05, 4.69) is 21.7 Å². The van der Waals surface area contributed by atoms with Crippen molar-refractivity contribution in [3.63, 3.8) is 0 Å². The van der Waals surface area contributed by atoms with Gasteiger partial charge in [-0.2, -0.15) is 5.10 Å². The summed E-state index contributed by atoms with van der Waals surface area (Å²) in [6.45, 7) is 6.80. The van der Waals surface area contributed by atoms with Gasteiger partial charge in [-0.05, 0) is 30.8 Å². The fourth-order valence-electron chi connectivity index (χ4n) is 1.53. The molecule has 0 unspecified atom stereocenters. The van der Waals surface area contributed by atoms with Gasteiger partial charge in [-0.1, -0.05) is 6.58 Å². The van der Waals surface area contributed by atoms with Crippen LogP contribution >= 0.6 is 0 Å². The molecule has 2 aromatic rings. The summed E-state index contributed by atoms with van der Waals surface area (Å²) >= 11 is 0. The van der Waals surface area contributed by atoms with Crippen LogP contribution < -0.4 is 5.56 Å². The van der Waals surface area contributed by atoms with E-state index in [1.807, 2.05) is 44.0 Å². The second-order valence-electron chi connectivity index (χ2n) is 4.89. The van der Waals surface area contributed by atoms with Crippen molar-refractivity contribution < 1.29 is 0 Å². The fourth-order valence-corrected chi connectivity index (χ4v) is 1.53. The van der Waals surface area contributed by atoms with Crippen LogP contribution in [0.4, 0.5) is 0 Å². The first-order chi connectivity index (χ1) is 9.88. The van der Waals surface area contributed by atoms with Crippen molar-refractivity contribution in [2.75, 3.05) is 13.6 Å². The Bertz CT molecular complexity index is 630. The molecule has 0 spiro atoms. The van der Waals surface area contributed by atoms with Crippen LogP contribution in [0.2, 0.25) is 0 Å². The molecule has 0 saturated heterocycles. The minimum atomic E-state index is -0.0532. The molecule has 3 rings (SSSR count). The van der Waals surface area contributed by atoms with Gasteiger partial charge in [0, 0.05) is 51.8 Å². The van der Waals surface area contributed by atoms with Gasteiger partial charge in [0.1, 0.15) is 0 Å². The van der Waals surface area contributed by atoms with E-state index in [0.29, 0.717) is 0 Å². The van der Waals surface area contributed by atoms with Gasteiger partial charge < -0.3 is 4.90 Å². The number of nitrogens with one attached hydrogen (secondary N) is 1. The van der Waals surface area contributed by atoms with Crippen LogP contribution in [-0.2, 0) is 14.1 Å². The van der Waals surface area contributed by atoms with Gasteiger partial charge in [0.05, 0.1) is 0 Å². The van der Waals surface area contributed by atoms with Crippen molar-refractivity contribution in [1.82, 2.24) is 24.5 Å². The summed E-state index contributed by atoms with van der Waals surface area (Å²) in [5, 5.41) is 6.43. The van der Waals surface area contributed by atoms with Crippen LogP contribution in [0.25, 0.3) is 0 Å².